The molecule has 6 heteroatoms. The van der Waals surface area contributed by atoms with E-state index in [-0.39, 0.29) is 11.7 Å². The van der Waals surface area contributed by atoms with Crippen LogP contribution in [0.3, 0.4) is 0 Å². The van der Waals surface area contributed by atoms with Crippen molar-refractivity contribution in [3.63, 3.8) is 0 Å². The van der Waals surface area contributed by atoms with Crippen molar-refractivity contribution in [3.05, 3.63) is 29.6 Å². The second kappa shape index (κ2) is 6.33. The van der Waals surface area contributed by atoms with Crippen molar-refractivity contribution in [3.8, 4) is 0 Å². The highest BCUT2D eigenvalue weighted by molar-refractivity contribution is 9.09. The lowest BCUT2D eigenvalue weighted by atomic mass is 10.1. The van der Waals surface area contributed by atoms with Crippen molar-refractivity contribution in [2.24, 2.45) is 0 Å². The second-order valence-electron chi connectivity index (χ2n) is 4.98. The van der Waals surface area contributed by atoms with Gasteiger partial charge in [0.15, 0.2) is 0 Å². The predicted octanol–water partition coefficient (Wildman–Crippen LogP) is 4.99. The van der Waals surface area contributed by atoms with Crippen LogP contribution in [0.15, 0.2) is 18.2 Å². The topological polar surface area (TPSA) is 3.24 Å². The van der Waals surface area contributed by atoms with E-state index in [0.29, 0.717) is 17.9 Å². The van der Waals surface area contributed by atoms with Crippen molar-refractivity contribution in [2.45, 2.75) is 37.9 Å². The summed E-state index contributed by atoms with van der Waals surface area (Å²) in [5.41, 5.74) is -0.673. The quantitative estimate of drug-likeness (QED) is 0.544. The maximum Gasteiger partial charge on any atom is 0.416 e. The fourth-order valence-electron chi connectivity index (χ4n) is 2.72. The Labute approximate surface area is 124 Å². The first-order valence-electron chi connectivity index (χ1n) is 6.63. The molecule has 0 radical (unpaired) electrons. The normalized spacial score (nSPS) is 16.6. The fraction of sp³-hybridized carbons (Fsp3) is 0.571. The molecule has 0 saturated heterocycles. The van der Waals surface area contributed by atoms with Crippen LogP contribution in [0.1, 0.15) is 31.2 Å². The Morgan fingerprint density at radius 3 is 2.35 bits per heavy atom. The number of nitrogens with zero attached hydrogens (tertiary/aromatic N) is 1. The van der Waals surface area contributed by atoms with Gasteiger partial charge in [-0.1, -0.05) is 28.8 Å². The minimum absolute atomic E-state index is 0.221. The van der Waals surface area contributed by atoms with Crippen LogP contribution >= 0.6 is 15.9 Å². The molecule has 1 fully saturated rings. The van der Waals surface area contributed by atoms with E-state index >= 15 is 0 Å². The number of hydrogen-bond donors (Lipinski definition) is 0. The second-order valence-corrected chi connectivity index (χ2v) is 5.78. The van der Waals surface area contributed by atoms with E-state index in [1.807, 2.05) is 4.90 Å². The van der Waals surface area contributed by atoms with Crippen LogP contribution in [0, 0.1) is 5.82 Å². The first kappa shape index (κ1) is 15.6. The summed E-state index contributed by atoms with van der Waals surface area (Å²) in [6.07, 6.45) is -0.398. The molecular weight excluding hydrogens is 338 g/mol. The molecule has 2 rings (SSSR count). The van der Waals surface area contributed by atoms with Gasteiger partial charge in [-0.05, 0) is 31.0 Å². The predicted molar refractivity (Wildman–Crippen MR) is 74.8 cm³/mol. The van der Waals surface area contributed by atoms with Gasteiger partial charge in [0.2, 0.25) is 0 Å². The Bertz CT molecular complexity index is 455. The zero-order chi connectivity index (χ0) is 14.8. The summed E-state index contributed by atoms with van der Waals surface area (Å²) in [5, 5.41) is 0.657. The van der Waals surface area contributed by atoms with Crippen LogP contribution in [0.25, 0.3) is 0 Å². The van der Waals surface area contributed by atoms with Gasteiger partial charge in [0.1, 0.15) is 5.82 Å². The highest BCUT2D eigenvalue weighted by atomic mass is 79.9. The van der Waals surface area contributed by atoms with Crippen molar-refractivity contribution < 1.29 is 17.6 Å². The number of benzene rings is 1. The molecule has 0 bridgehead atoms. The van der Waals surface area contributed by atoms with Crippen LogP contribution in [-0.4, -0.2) is 17.9 Å². The zero-order valence-corrected chi connectivity index (χ0v) is 12.5. The standard InChI is InChI=1S/C14H16BrF4N/c15-7-8-20(11-3-1-2-4-11)13-6-5-10(9-12(13)16)14(17,18)19/h5-6,9,11H,1-4,7-8H2. The molecule has 20 heavy (non-hydrogen) atoms. The molecule has 1 aromatic rings. The number of hydrogen-bond acceptors (Lipinski definition) is 1. The van der Waals surface area contributed by atoms with E-state index in [4.69, 9.17) is 0 Å². The Morgan fingerprint density at radius 1 is 1.20 bits per heavy atom. The maximum atomic E-state index is 14.1. The fourth-order valence-corrected chi connectivity index (χ4v) is 3.10. The summed E-state index contributed by atoms with van der Waals surface area (Å²) in [6, 6.07) is 3.01. The molecule has 0 unspecified atom stereocenters. The summed E-state index contributed by atoms with van der Waals surface area (Å²) in [4.78, 5) is 1.89. The SMILES string of the molecule is Fc1cc(C(F)(F)F)ccc1N(CCBr)C1CCCC1. The Balaban J connectivity index is 2.29. The zero-order valence-electron chi connectivity index (χ0n) is 10.9. The lowest BCUT2D eigenvalue weighted by Gasteiger charge is -2.31. The molecule has 112 valence electrons. The van der Waals surface area contributed by atoms with Crippen LogP contribution in [0.5, 0.6) is 0 Å². The van der Waals surface area contributed by atoms with Crippen molar-refractivity contribution in [1.29, 1.82) is 0 Å². The summed E-state index contributed by atoms with van der Waals surface area (Å²) in [5.74, 6) is -0.798. The van der Waals surface area contributed by atoms with Gasteiger partial charge < -0.3 is 4.90 Å². The monoisotopic (exact) mass is 353 g/mol. The maximum absolute atomic E-state index is 14.1. The lowest BCUT2D eigenvalue weighted by molar-refractivity contribution is -0.137. The summed E-state index contributed by atoms with van der Waals surface area (Å²) in [6.45, 7) is 0.590. The van der Waals surface area contributed by atoms with Gasteiger partial charge in [-0.2, -0.15) is 13.2 Å². The number of alkyl halides is 4. The van der Waals surface area contributed by atoms with E-state index in [0.717, 1.165) is 31.7 Å². The van der Waals surface area contributed by atoms with Crippen molar-refractivity contribution >= 4 is 21.6 Å². The molecule has 0 aliphatic heterocycles. The molecule has 1 aromatic carbocycles. The van der Waals surface area contributed by atoms with Gasteiger partial charge in [-0.15, -0.1) is 0 Å². The van der Waals surface area contributed by atoms with E-state index < -0.39 is 17.6 Å². The van der Waals surface area contributed by atoms with Gasteiger partial charge in [0.25, 0.3) is 0 Å². The van der Waals surface area contributed by atoms with Gasteiger partial charge in [-0.25, -0.2) is 4.39 Å². The van der Waals surface area contributed by atoms with Crippen molar-refractivity contribution in [2.75, 3.05) is 16.8 Å². The molecule has 1 aliphatic carbocycles. The van der Waals surface area contributed by atoms with E-state index in [1.165, 1.54) is 6.07 Å². The minimum atomic E-state index is -4.51. The summed E-state index contributed by atoms with van der Waals surface area (Å²) in [7, 11) is 0. The first-order chi connectivity index (χ1) is 9.43. The Kier molecular flexibility index (Phi) is 4.94. The third-order valence-electron chi connectivity index (χ3n) is 3.68. The lowest BCUT2D eigenvalue weighted by Crippen LogP contribution is -2.35. The Morgan fingerprint density at radius 2 is 1.85 bits per heavy atom. The van der Waals surface area contributed by atoms with Crippen LogP contribution in [0.2, 0.25) is 0 Å². The van der Waals surface area contributed by atoms with Gasteiger partial charge in [0.05, 0.1) is 11.3 Å². The summed E-state index contributed by atoms with van der Waals surface area (Å²) < 4.78 is 51.7. The van der Waals surface area contributed by atoms with E-state index in [9.17, 15) is 17.6 Å². The van der Waals surface area contributed by atoms with Crippen LogP contribution in [0.4, 0.5) is 23.2 Å². The number of halogens is 5. The van der Waals surface area contributed by atoms with Crippen LogP contribution < -0.4 is 4.90 Å². The molecule has 0 atom stereocenters. The van der Waals surface area contributed by atoms with E-state index in [1.54, 1.807) is 0 Å². The average Bonchev–Trinajstić information content (AvgIpc) is 2.89. The molecule has 0 amide bonds. The molecule has 0 spiro atoms. The summed E-state index contributed by atoms with van der Waals surface area (Å²) >= 11 is 3.32. The molecule has 1 nitrogen and oxygen atoms in total. The molecular formula is C14H16BrF4N. The van der Waals surface area contributed by atoms with Gasteiger partial charge in [-0.3, -0.25) is 0 Å². The molecule has 0 heterocycles. The number of anilines is 1. The van der Waals surface area contributed by atoms with E-state index in [2.05, 4.69) is 15.9 Å². The average molecular weight is 354 g/mol. The third-order valence-corrected chi connectivity index (χ3v) is 4.03. The smallest absolute Gasteiger partial charge is 0.365 e. The largest absolute Gasteiger partial charge is 0.416 e. The Hall–Kier alpha value is -0.780. The third kappa shape index (κ3) is 3.45. The number of rotatable bonds is 4. The minimum Gasteiger partial charge on any atom is -0.365 e. The molecule has 1 aliphatic rings. The molecule has 0 aromatic heterocycles. The molecule has 0 N–H and O–H groups in total. The highest BCUT2D eigenvalue weighted by Gasteiger charge is 2.32. The van der Waals surface area contributed by atoms with Gasteiger partial charge >= 0.3 is 6.18 Å². The van der Waals surface area contributed by atoms with Crippen LogP contribution in [-0.2, 0) is 6.18 Å². The van der Waals surface area contributed by atoms with Gasteiger partial charge in [0, 0.05) is 17.9 Å². The highest BCUT2D eigenvalue weighted by Crippen LogP contribution is 2.34. The molecule has 1 saturated carbocycles. The first-order valence-corrected chi connectivity index (χ1v) is 7.75. The van der Waals surface area contributed by atoms with Crippen molar-refractivity contribution in [1.82, 2.24) is 0 Å².